The van der Waals surface area contributed by atoms with Crippen LogP contribution in [0.3, 0.4) is 0 Å². The van der Waals surface area contributed by atoms with E-state index in [1.165, 1.54) is 0 Å². The summed E-state index contributed by atoms with van der Waals surface area (Å²) >= 11 is 0. The smallest absolute Gasteiger partial charge is 0.241 e. The van der Waals surface area contributed by atoms with Gasteiger partial charge in [-0.05, 0) is 51.0 Å². The van der Waals surface area contributed by atoms with Crippen molar-refractivity contribution in [2.75, 3.05) is 5.73 Å². The second-order valence-corrected chi connectivity index (χ2v) is 4.48. The molecule has 2 rings (SSSR count). The summed E-state index contributed by atoms with van der Waals surface area (Å²) in [6.07, 6.45) is 1.73. The number of nitrogens with zero attached hydrogens (tertiary/aromatic N) is 2. The quantitative estimate of drug-likeness (QED) is 0.823. The SMILES string of the molecule is Cc1cnc(C)c(Oc2cc(C)c(N)cc2C)n1. The molecule has 0 fully saturated rings. The Hall–Kier alpha value is -2.10. The van der Waals surface area contributed by atoms with E-state index in [1.807, 2.05) is 39.8 Å². The number of hydrogen-bond donors (Lipinski definition) is 1. The summed E-state index contributed by atoms with van der Waals surface area (Å²) in [6, 6.07) is 3.83. The lowest BCUT2D eigenvalue weighted by Crippen LogP contribution is -1.98. The van der Waals surface area contributed by atoms with Crippen molar-refractivity contribution in [1.29, 1.82) is 0 Å². The van der Waals surface area contributed by atoms with Crippen LogP contribution in [0.4, 0.5) is 5.69 Å². The molecule has 18 heavy (non-hydrogen) atoms. The van der Waals surface area contributed by atoms with Gasteiger partial charge in [0.05, 0.1) is 11.4 Å². The molecular formula is C14H17N3O. The third-order valence-corrected chi connectivity index (χ3v) is 2.80. The van der Waals surface area contributed by atoms with Crippen LogP contribution in [-0.2, 0) is 0 Å². The standard InChI is InChI=1S/C14H17N3O/c1-8-6-13(9(2)5-12(8)15)18-14-11(4)16-7-10(3)17-14/h5-7H,15H2,1-4H3. The van der Waals surface area contributed by atoms with Crippen LogP contribution in [0.15, 0.2) is 18.3 Å². The lowest BCUT2D eigenvalue weighted by Gasteiger charge is -2.12. The van der Waals surface area contributed by atoms with Crippen LogP contribution in [0, 0.1) is 27.7 Å². The fourth-order valence-corrected chi connectivity index (χ4v) is 1.64. The van der Waals surface area contributed by atoms with Crippen molar-refractivity contribution >= 4 is 5.69 Å². The number of aryl methyl sites for hydroxylation is 4. The fourth-order valence-electron chi connectivity index (χ4n) is 1.64. The zero-order chi connectivity index (χ0) is 13.3. The number of hydrogen-bond acceptors (Lipinski definition) is 4. The van der Waals surface area contributed by atoms with Crippen molar-refractivity contribution in [2.24, 2.45) is 0 Å². The molecule has 0 spiro atoms. The Labute approximate surface area is 107 Å². The van der Waals surface area contributed by atoms with Crippen LogP contribution in [0.1, 0.15) is 22.5 Å². The first-order chi connectivity index (χ1) is 8.47. The lowest BCUT2D eigenvalue weighted by atomic mass is 10.1. The van der Waals surface area contributed by atoms with Crippen LogP contribution in [-0.4, -0.2) is 9.97 Å². The minimum Gasteiger partial charge on any atom is -0.437 e. The molecule has 2 aromatic rings. The summed E-state index contributed by atoms with van der Waals surface area (Å²) in [5.74, 6) is 1.31. The molecule has 0 aliphatic carbocycles. The second-order valence-electron chi connectivity index (χ2n) is 4.48. The molecule has 0 bridgehead atoms. The molecule has 4 heteroatoms. The number of aromatic nitrogens is 2. The number of nitrogen functional groups attached to an aromatic ring is 1. The van der Waals surface area contributed by atoms with E-state index in [1.54, 1.807) is 6.20 Å². The predicted molar refractivity (Wildman–Crippen MR) is 71.9 cm³/mol. The van der Waals surface area contributed by atoms with Crippen molar-refractivity contribution in [2.45, 2.75) is 27.7 Å². The van der Waals surface area contributed by atoms with Gasteiger partial charge in [-0.3, -0.25) is 4.98 Å². The summed E-state index contributed by atoms with van der Waals surface area (Å²) in [7, 11) is 0. The molecule has 0 amide bonds. The van der Waals surface area contributed by atoms with E-state index in [-0.39, 0.29) is 0 Å². The number of rotatable bonds is 2. The molecule has 0 radical (unpaired) electrons. The van der Waals surface area contributed by atoms with Crippen LogP contribution in [0.5, 0.6) is 11.6 Å². The van der Waals surface area contributed by atoms with Gasteiger partial charge >= 0.3 is 0 Å². The molecule has 0 atom stereocenters. The number of anilines is 1. The van der Waals surface area contributed by atoms with Crippen LogP contribution in [0.2, 0.25) is 0 Å². The Kier molecular flexibility index (Phi) is 3.19. The van der Waals surface area contributed by atoms with E-state index in [4.69, 9.17) is 10.5 Å². The summed E-state index contributed by atoms with van der Waals surface area (Å²) in [6.45, 7) is 7.68. The molecule has 0 saturated carbocycles. The Morgan fingerprint density at radius 1 is 1.06 bits per heavy atom. The van der Waals surface area contributed by atoms with Gasteiger partial charge in [-0.15, -0.1) is 0 Å². The molecule has 0 unspecified atom stereocenters. The molecule has 0 saturated heterocycles. The van der Waals surface area contributed by atoms with Gasteiger partial charge in [0.2, 0.25) is 5.88 Å². The zero-order valence-electron chi connectivity index (χ0n) is 11.1. The van der Waals surface area contributed by atoms with E-state index in [9.17, 15) is 0 Å². The largest absolute Gasteiger partial charge is 0.437 e. The van der Waals surface area contributed by atoms with Crippen molar-refractivity contribution in [3.8, 4) is 11.6 Å². The molecule has 1 aromatic carbocycles. The first kappa shape index (κ1) is 12.4. The molecule has 0 aliphatic heterocycles. The highest BCUT2D eigenvalue weighted by atomic mass is 16.5. The summed E-state index contributed by atoms with van der Waals surface area (Å²) in [5, 5.41) is 0. The first-order valence-electron chi connectivity index (χ1n) is 5.82. The van der Waals surface area contributed by atoms with Gasteiger partial charge in [-0.1, -0.05) is 0 Å². The Morgan fingerprint density at radius 3 is 2.50 bits per heavy atom. The monoisotopic (exact) mass is 243 g/mol. The molecule has 4 nitrogen and oxygen atoms in total. The van der Waals surface area contributed by atoms with E-state index in [2.05, 4.69) is 9.97 Å². The Balaban J connectivity index is 2.40. The minimum absolute atomic E-state index is 0.544. The van der Waals surface area contributed by atoms with E-state index in [0.29, 0.717) is 5.88 Å². The molecule has 0 aliphatic rings. The maximum absolute atomic E-state index is 5.85. The molecular weight excluding hydrogens is 226 g/mol. The third kappa shape index (κ3) is 2.42. The van der Waals surface area contributed by atoms with Crippen molar-refractivity contribution in [3.63, 3.8) is 0 Å². The van der Waals surface area contributed by atoms with E-state index >= 15 is 0 Å². The highest BCUT2D eigenvalue weighted by Gasteiger charge is 2.08. The average molecular weight is 243 g/mol. The molecule has 1 heterocycles. The highest BCUT2D eigenvalue weighted by molar-refractivity contribution is 5.54. The molecule has 1 aromatic heterocycles. The second kappa shape index (κ2) is 4.64. The minimum atomic E-state index is 0.544. The number of benzene rings is 1. The van der Waals surface area contributed by atoms with Gasteiger partial charge in [0.1, 0.15) is 5.75 Å². The van der Waals surface area contributed by atoms with Crippen molar-refractivity contribution in [1.82, 2.24) is 9.97 Å². The number of nitrogens with two attached hydrogens (primary N) is 1. The maximum Gasteiger partial charge on any atom is 0.241 e. The van der Waals surface area contributed by atoms with Crippen LogP contribution < -0.4 is 10.5 Å². The topological polar surface area (TPSA) is 61.0 Å². The Morgan fingerprint density at radius 2 is 1.78 bits per heavy atom. The van der Waals surface area contributed by atoms with Crippen molar-refractivity contribution < 1.29 is 4.74 Å². The fraction of sp³-hybridized carbons (Fsp3) is 0.286. The molecule has 94 valence electrons. The summed E-state index contributed by atoms with van der Waals surface area (Å²) in [5.41, 5.74) is 10.2. The van der Waals surface area contributed by atoms with Gasteiger partial charge in [0.15, 0.2) is 0 Å². The average Bonchev–Trinajstić information content (AvgIpc) is 2.30. The van der Waals surface area contributed by atoms with E-state index < -0.39 is 0 Å². The summed E-state index contributed by atoms with van der Waals surface area (Å²) < 4.78 is 5.83. The normalized spacial score (nSPS) is 10.4. The lowest BCUT2D eigenvalue weighted by molar-refractivity contribution is 0.450. The summed E-state index contributed by atoms with van der Waals surface area (Å²) in [4.78, 5) is 8.58. The van der Waals surface area contributed by atoms with Gasteiger partial charge in [0.25, 0.3) is 0 Å². The van der Waals surface area contributed by atoms with Crippen molar-refractivity contribution in [3.05, 3.63) is 40.8 Å². The zero-order valence-corrected chi connectivity index (χ0v) is 11.1. The van der Waals surface area contributed by atoms with E-state index in [0.717, 1.165) is 34.0 Å². The van der Waals surface area contributed by atoms with Gasteiger partial charge in [0, 0.05) is 11.9 Å². The van der Waals surface area contributed by atoms with Gasteiger partial charge in [-0.25, -0.2) is 4.98 Å². The number of ether oxygens (including phenoxy) is 1. The third-order valence-electron chi connectivity index (χ3n) is 2.80. The first-order valence-corrected chi connectivity index (χ1v) is 5.82. The van der Waals surface area contributed by atoms with Gasteiger partial charge < -0.3 is 10.5 Å². The maximum atomic E-state index is 5.85. The highest BCUT2D eigenvalue weighted by Crippen LogP contribution is 2.29. The predicted octanol–water partition coefficient (Wildman–Crippen LogP) is 3.08. The Bertz CT molecular complexity index is 594. The van der Waals surface area contributed by atoms with Gasteiger partial charge in [-0.2, -0.15) is 0 Å². The molecule has 2 N–H and O–H groups in total. The van der Waals surface area contributed by atoms with Crippen LogP contribution in [0.25, 0.3) is 0 Å². The van der Waals surface area contributed by atoms with Crippen LogP contribution >= 0.6 is 0 Å².